The Morgan fingerprint density at radius 3 is 2.58 bits per heavy atom. The van der Waals surface area contributed by atoms with E-state index in [9.17, 15) is 4.79 Å². The first-order valence-corrected chi connectivity index (χ1v) is 5.99. The van der Waals surface area contributed by atoms with Gasteiger partial charge in [0, 0.05) is 6.54 Å². The van der Waals surface area contributed by atoms with Crippen LogP contribution in [0.15, 0.2) is 42.5 Å². The zero-order valence-corrected chi connectivity index (χ0v) is 10.7. The Bertz CT molecular complexity index is 526. The van der Waals surface area contributed by atoms with Gasteiger partial charge in [-0.2, -0.15) is 0 Å². The molecule has 1 N–H and O–H groups in total. The molecule has 98 valence electrons. The van der Waals surface area contributed by atoms with Crippen LogP contribution >= 0.6 is 0 Å². The highest BCUT2D eigenvalue weighted by Gasteiger charge is 2.07. The maximum absolute atomic E-state index is 11.2. The number of ether oxygens (including phenoxy) is 1. The van der Waals surface area contributed by atoms with Crippen molar-refractivity contribution in [3.05, 3.63) is 53.7 Å². The number of carbonyl (C=O) groups excluding carboxylic acids is 1. The fraction of sp³-hybridized carbons (Fsp3) is 0.214. The van der Waals surface area contributed by atoms with Crippen LogP contribution in [0, 0.1) is 0 Å². The minimum atomic E-state index is -0.483. The predicted octanol–water partition coefficient (Wildman–Crippen LogP) is 1.92. The molecule has 0 saturated carbocycles. The maximum atomic E-state index is 11.2. The van der Waals surface area contributed by atoms with E-state index in [1.807, 2.05) is 18.2 Å². The number of aromatic nitrogens is 2. The lowest BCUT2D eigenvalue weighted by Crippen LogP contribution is -2.09. The molecule has 0 saturated heterocycles. The molecule has 1 aromatic carbocycles. The third kappa shape index (κ3) is 3.77. The van der Waals surface area contributed by atoms with Crippen molar-refractivity contribution < 1.29 is 9.53 Å². The first-order chi connectivity index (χ1) is 9.29. The molecule has 0 radical (unpaired) electrons. The lowest BCUT2D eigenvalue weighted by atomic mass is 10.1. The number of carbonyl (C=O) groups is 1. The van der Waals surface area contributed by atoms with Gasteiger partial charge in [0.2, 0.25) is 0 Å². The van der Waals surface area contributed by atoms with Gasteiger partial charge in [-0.05, 0) is 24.1 Å². The molecular formula is C14H15N3O2. The van der Waals surface area contributed by atoms with Crippen LogP contribution in [0.1, 0.15) is 16.1 Å². The van der Waals surface area contributed by atoms with Gasteiger partial charge in [0.1, 0.15) is 5.82 Å². The average Bonchev–Trinajstić information content (AvgIpc) is 2.48. The van der Waals surface area contributed by atoms with Crippen molar-refractivity contribution in [3.8, 4) is 0 Å². The number of anilines is 1. The molecule has 0 spiro atoms. The van der Waals surface area contributed by atoms with Gasteiger partial charge in [0.05, 0.1) is 7.11 Å². The molecule has 0 aliphatic heterocycles. The van der Waals surface area contributed by atoms with E-state index in [-0.39, 0.29) is 5.69 Å². The lowest BCUT2D eigenvalue weighted by molar-refractivity contribution is 0.0593. The van der Waals surface area contributed by atoms with Crippen LogP contribution in [-0.4, -0.2) is 29.8 Å². The van der Waals surface area contributed by atoms with E-state index in [2.05, 4.69) is 32.4 Å². The van der Waals surface area contributed by atoms with Crippen LogP contribution < -0.4 is 5.32 Å². The Kier molecular flexibility index (Phi) is 4.44. The number of esters is 1. The van der Waals surface area contributed by atoms with Crippen molar-refractivity contribution in [2.45, 2.75) is 6.42 Å². The Morgan fingerprint density at radius 1 is 1.16 bits per heavy atom. The van der Waals surface area contributed by atoms with Gasteiger partial charge in [0.25, 0.3) is 0 Å². The van der Waals surface area contributed by atoms with E-state index in [1.54, 1.807) is 12.1 Å². The molecule has 0 aliphatic carbocycles. The molecule has 1 heterocycles. The summed E-state index contributed by atoms with van der Waals surface area (Å²) in [5, 5.41) is 10.9. The second kappa shape index (κ2) is 6.49. The molecule has 1 aromatic heterocycles. The quantitative estimate of drug-likeness (QED) is 0.829. The summed E-state index contributed by atoms with van der Waals surface area (Å²) in [7, 11) is 1.32. The number of nitrogens with one attached hydrogen (secondary N) is 1. The standard InChI is InChI=1S/C14H15N3O2/c1-19-14(18)12-7-8-13(17-16-12)15-10-9-11-5-3-2-4-6-11/h2-8H,9-10H2,1H3,(H,15,17). The van der Waals surface area contributed by atoms with Crippen molar-refractivity contribution >= 4 is 11.8 Å². The van der Waals surface area contributed by atoms with Crippen LogP contribution in [0.2, 0.25) is 0 Å². The summed E-state index contributed by atoms with van der Waals surface area (Å²) >= 11 is 0. The SMILES string of the molecule is COC(=O)c1ccc(NCCc2ccccc2)nn1. The lowest BCUT2D eigenvalue weighted by Gasteiger charge is -2.05. The summed E-state index contributed by atoms with van der Waals surface area (Å²) in [5.74, 6) is 0.159. The number of rotatable bonds is 5. The molecular weight excluding hydrogens is 242 g/mol. The predicted molar refractivity (Wildman–Crippen MR) is 72.0 cm³/mol. The van der Waals surface area contributed by atoms with Crippen LogP contribution in [0.25, 0.3) is 0 Å². The Morgan fingerprint density at radius 2 is 1.95 bits per heavy atom. The molecule has 5 nitrogen and oxygen atoms in total. The molecule has 0 bridgehead atoms. The maximum Gasteiger partial charge on any atom is 0.358 e. The number of hydrogen-bond donors (Lipinski definition) is 1. The number of methoxy groups -OCH3 is 1. The zero-order chi connectivity index (χ0) is 13.5. The highest BCUT2D eigenvalue weighted by atomic mass is 16.5. The molecule has 19 heavy (non-hydrogen) atoms. The van der Waals surface area contributed by atoms with Gasteiger partial charge in [-0.1, -0.05) is 30.3 Å². The summed E-state index contributed by atoms with van der Waals surface area (Å²) in [4.78, 5) is 11.2. The Balaban J connectivity index is 1.85. The monoisotopic (exact) mass is 257 g/mol. The molecule has 0 fully saturated rings. The van der Waals surface area contributed by atoms with Gasteiger partial charge in [-0.25, -0.2) is 4.79 Å². The molecule has 2 rings (SSSR count). The van der Waals surface area contributed by atoms with E-state index >= 15 is 0 Å². The normalized spacial score (nSPS) is 9.95. The van der Waals surface area contributed by atoms with E-state index in [0.717, 1.165) is 13.0 Å². The summed E-state index contributed by atoms with van der Waals surface area (Å²) in [6.45, 7) is 0.760. The second-order valence-electron chi connectivity index (χ2n) is 3.96. The van der Waals surface area contributed by atoms with Gasteiger partial charge >= 0.3 is 5.97 Å². The summed E-state index contributed by atoms with van der Waals surface area (Å²) in [6, 6.07) is 13.5. The van der Waals surface area contributed by atoms with E-state index < -0.39 is 5.97 Å². The van der Waals surface area contributed by atoms with Gasteiger partial charge in [-0.15, -0.1) is 10.2 Å². The Hall–Kier alpha value is -2.43. The molecule has 2 aromatic rings. The molecule has 0 aliphatic rings. The van der Waals surface area contributed by atoms with Gasteiger partial charge < -0.3 is 10.1 Å². The fourth-order valence-electron chi connectivity index (χ4n) is 1.62. The molecule has 0 unspecified atom stereocenters. The summed E-state index contributed by atoms with van der Waals surface area (Å²) in [5.41, 5.74) is 1.46. The van der Waals surface area contributed by atoms with Crippen molar-refractivity contribution in [1.82, 2.24) is 10.2 Å². The third-order valence-electron chi connectivity index (χ3n) is 2.62. The average molecular weight is 257 g/mol. The van der Waals surface area contributed by atoms with Crippen molar-refractivity contribution in [1.29, 1.82) is 0 Å². The first kappa shape index (κ1) is 13.0. The summed E-state index contributed by atoms with van der Waals surface area (Å²) < 4.78 is 4.55. The minimum absolute atomic E-state index is 0.205. The highest BCUT2D eigenvalue weighted by Crippen LogP contribution is 2.04. The van der Waals surface area contributed by atoms with Crippen LogP contribution in [0.5, 0.6) is 0 Å². The fourth-order valence-corrected chi connectivity index (χ4v) is 1.62. The van der Waals surface area contributed by atoms with Gasteiger partial charge in [0.15, 0.2) is 5.69 Å². The number of hydrogen-bond acceptors (Lipinski definition) is 5. The molecule has 0 amide bonds. The van der Waals surface area contributed by atoms with E-state index in [0.29, 0.717) is 5.82 Å². The van der Waals surface area contributed by atoms with Gasteiger partial charge in [-0.3, -0.25) is 0 Å². The highest BCUT2D eigenvalue weighted by molar-refractivity contribution is 5.86. The zero-order valence-electron chi connectivity index (χ0n) is 10.7. The second-order valence-corrected chi connectivity index (χ2v) is 3.96. The first-order valence-electron chi connectivity index (χ1n) is 5.99. The van der Waals surface area contributed by atoms with Crippen molar-refractivity contribution in [3.63, 3.8) is 0 Å². The largest absolute Gasteiger partial charge is 0.464 e. The topological polar surface area (TPSA) is 64.1 Å². The van der Waals surface area contributed by atoms with Crippen molar-refractivity contribution in [2.75, 3.05) is 19.0 Å². The molecule has 5 heteroatoms. The smallest absolute Gasteiger partial charge is 0.358 e. The molecule has 0 atom stereocenters. The minimum Gasteiger partial charge on any atom is -0.464 e. The van der Waals surface area contributed by atoms with Crippen molar-refractivity contribution in [2.24, 2.45) is 0 Å². The summed E-state index contributed by atoms with van der Waals surface area (Å²) in [6.07, 6.45) is 0.904. The Labute approximate surface area is 111 Å². The van der Waals surface area contributed by atoms with Crippen LogP contribution in [0.4, 0.5) is 5.82 Å². The number of benzene rings is 1. The van der Waals surface area contributed by atoms with E-state index in [1.165, 1.54) is 12.7 Å². The van der Waals surface area contributed by atoms with Crippen LogP contribution in [0.3, 0.4) is 0 Å². The van der Waals surface area contributed by atoms with Crippen LogP contribution in [-0.2, 0) is 11.2 Å². The van der Waals surface area contributed by atoms with E-state index in [4.69, 9.17) is 0 Å². The third-order valence-corrected chi connectivity index (χ3v) is 2.62. The number of nitrogens with zero attached hydrogens (tertiary/aromatic N) is 2.